The van der Waals surface area contributed by atoms with E-state index in [-0.39, 0.29) is 31.3 Å². The quantitative estimate of drug-likeness (QED) is 0.277. The van der Waals surface area contributed by atoms with Crippen LogP contribution in [0.3, 0.4) is 0 Å². The number of aliphatic carboxylic acids is 1. The summed E-state index contributed by atoms with van der Waals surface area (Å²) < 4.78 is 42.2. The van der Waals surface area contributed by atoms with E-state index >= 15 is 0 Å². The van der Waals surface area contributed by atoms with Gasteiger partial charge in [-0.25, -0.2) is 4.39 Å². The highest BCUT2D eigenvalue weighted by Gasteiger charge is 2.25. The molecule has 38 heavy (non-hydrogen) atoms. The molecule has 0 bridgehead atoms. The van der Waals surface area contributed by atoms with Gasteiger partial charge in [0.15, 0.2) is 18.1 Å². The molecule has 8 nitrogen and oxygen atoms in total. The number of carbonyl (C=O) groups is 1. The fourth-order valence-electron chi connectivity index (χ4n) is 3.96. The van der Waals surface area contributed by atoms with Gasteiger partial charge in [-0.1, -0.05) is 43.9 Å². The highest BCUT2D eigenvalue weighted by atomic mass is 31.1. The molecule has 1 aliphatic heterocycles. The van der Waals surface area contributed by atoms with Crippen LogP contribution in [0.5, 0.6) is 11.5 Å². The molecule has 2 aromatic carbocycles. The Bertz CT molecular complexity index is 1410. The highest BCUT2D eigenvalue weighted by Crippen LogP contribution is 2.42. The fourth-order valence-corrected chi connectivity index (χ4v) is 4.75. The lowest BCUT2D eigenvalue weighted by Gasteiger charge is -2.16. The minimum atomic E-state index is -2.29. The zero-order chi connectivity index (χ0) is 27.2. The number of aliphatic hydroxyl groups excluding tert-OH is 1. The number of ether oxygens (including phenoxy) is 2. The van der Waals surface area contributed by atoms with Crippen LogP contribution in [0.1, 0.15) is 37.4 Å². The second-order valence-electron chi connectivity index (χ2n) is 8.86. The van der Waals surface area contributed by atoms with Crippen molar-refractivity contribution in [3.8, 4) is 45.7 Å². The molecule has 0 amide bonds. The van der Waals surface area contributed by atoms with Crippen LogP contribution in [0.25, 0.3) is 22.4 Å². The van der Waals surface area contributed by atoms with Crippen molar-refractivity contribution in [2.75, 3.05) is 19.6 Å². The number of benzene rings is 2. The summed E-state index contributed by atoms with van der Waals surface area (Å²) in [5, 5.41) is 18.4. The molecule has 2 N–H and O–H groups in total. The van der Waals surface area contributed by atoms with Gasteiger partial charge in [-0.2, -0.15) is 0 Å². The van der Waals surface area contributed by atoms with Crippen molar-refractivity contribution >= 4 is 14.0 Å². The van der Waals surface area contributed by atoms with Gasteiger partial charge < -0.3 is 19.7 Å². The van der Waals surface area contributed by atoms with E-state index in [1.54, 1.807) is 12.1 Å². The Morgan fingerprint density at radius 1 is 1.18 bits per heavy atom. The highest BCUT2D eigenvalue weighted by molar-refractivity contribution is 7.39. The number of hydrogen-bond donors (Lipinski definition) is 2. The number of para-hydroxylation sites is 1. The molecule has 10 heteroatoms. The van der Waals surface area contributed by atoms with Crippen molar-refractivity contribution in [1.29, 1.82) is 0 Å². The first-order valence-electron chi connectivity index (χ1n) is 11.9. The minimum Gasteiger partial charge on any atom is -0.481 e. The summed E-state index contributed by atoms with van der Waals surface area (Å²) in [5.41, 5.74) is 4.17. The van der Waals surface area contributed by atoms with E-state index in [0.29, 0.717) is 28.5 Å². The Hall–Kier alpha value is -3.83. The van der Waals surface area contributed by atoms with E-state index in [2.05, 4.69) is 11.8 Å². The molecule has 0 aliphatic carbocycles. The maximum absolute atomic E-state index is 13.7. The van der Waals surface area contributed by atoms with Crippen LogP contribution < -0.4 is 9.47 Å². The van der Waals surface area contributed by atoms with Gasteiger partial charge in [-0.05, 0) is 46.4 Å². The van der Waals surface area contributed by atoms with Gasteiger partial charge in [0.1, 0.15) is 11.9 Å². The van der Waals surface area contributed by atoms with E-state index < -0.39 is 26.5 Å². The molecule has 2 unspecified atom stereocenters. The zero-order valence-electron chi connectivity index (χ0n) is 20.8. The molecule has 0 saturated heterocycles. The molecule has 1 aromatic heterocycles. The Morgan fingerprint density at radius 2 is 1.95 bits per heavy atom. The SMILES string of the molecule is CC(C)c1nc(-c2cccc3c2OCO3)cc(-c2ccc(F)cc2)c1C#CCO[P+](=O)CC(O)CC(=O)O. The number of hydrogen-bond acceptors (Lipinski definition) is 7. The first kappa shape index (κ1) is 27.2. The molecule has 2 heterocycles. The van der Waals surface area contributed by atoms with Crippen LogP contribution in [0.4, 0.5) is 4.39 Å². The Balaban J connectivity index is 1.71. The van der Waals surface area contributed by atoms with Crippen molar-refractivity contribution < 1.29 is 38.0 Å². The molecule has 0 fully saturated rings. The Kier molecular flexibility index (Phi) is 8.70. The zero-order valence-corrected chi connectivity index (χ0v) is 21.7. The summed E-state index contributed by atoms with van der Waals surface area (Å²) in [7, 11) is -2.29. The Labute approximate surface area is 220 Å². The van der Waals surface area contributed by atoms with Crippen LogP contribution >= 0.6 is 8.03 Å². The number of fused-ring (bicyclic) bond motifs is 1. The van der Waals surface area contributed by atoms with Crippen LogP contribution in [0.2, 0.25) is 0 Å². The molecule has 0 saturated carbocycles. The molecular weight excluding hydrogens is 512 g/mol. The summed E-state index contributed by atoms with van der Waals surface area (Å²) in [6, 6.07) is 13.5. The maximum Gasteiger partial charge on any atom is 0.511 e. The number of halogens is 1. The standard InChI is InChI=1S/C28H25FNO7P/c1-17(2)27-21(6-4-12-37-38(34)15-20(31)13-26(32)33)23(18-8-10-19(29)11-9-18)14-24(30-27)22-5-3-7-25-28(22)36-16-35-25/h3,5,7-11,14,17,20,31H,12-13,15-16H2,1-2H3/p+1. The normalized spacial score (nSPS) is 13.1. The number of aliphatic hydroxyl groups is 1. The maximum atomic E-state index is 13.7. The van der Waals surface area contributed by atoms with Crippen LogP contribution in [-0.2, 0) is 13.9 Å². The average molecular weight is 538 g/mol. The van der Waals surface area contributed by atoms with E-state index in [4.69, 9.17) is 24.1 Å². The van der Waals surface area contributed by atoms with Crippen molar-refractivity contribution in [2.45, 2.75) is 32.3 Å². The van der Waals surface area contributed by atoms with Crippen molar-refractivity contribution in [3.63, 3.8) is 0 Å². The molecular formula is C28H26FNO7P+. The lowest BCUT2D eigenvalue weighted by Crippen LogP contribution is -2.15. The van der Waals surface area contributed by atoms with Gasteiger partial charge in [0.05, 0.1) is 23.4 Å². The second kappa shape index (κ2) is 12.1. The average Bonchev–Trinajstić information content (AvgIpc) is 3.35. The van der Waals surface area contributed by atoms with Crippen LogP contribution in [0.15, 0.2) is 48.5 Å². The predicted octanol–water partition coefficient (Wildman–Crippen LogP) is 5.35. The van der Waals surface area contributed by atoms with E-state index in [9.17, 15) is 18.9 Å². The summed E-state index contributed by atoms with van der Waals surface area (Å²) in [6.07, 6.45) is -2.09. The van der Waals surface area contributed by atoms with Crippen molar-refractivity contribution in [3.05, 3.63) is 65.6 Å². The number of carboxylic acid groups (broad SMARTS) is 1. The number of pyridine rings is 1. The van der Waals surface area contributed by atoms with Gasteiger partial charge in [0.2, 0.25) is 13.0 Å². The van der Waals surface area contributed by atoms with Crippen LogP contribution in [-0.4, -0.2) is 46.8 Å². The number of nitrogens with zero attached hydrogens (tertiary/aromatic N) is 1. The molecule has 4 rings (SSSR count). The number of aromatic nitrogens is 1. The molecule has 0 radical (unpaired) electrons. The largest absolute Gasteiger partial charge is 0.511 e. The third-order valence-electron chi connectivity index (χ3n) is 5.69. The molecule has 2 atom stereocenters. The summed E-state index contributed by atoms with van der Waals surface area (Å²) in [5.74, 6) is 5.56. The fraction of sp³-hybridized carbons (Fsp3) is 0.286. The van der Waals surface area contributed by atoms with Gasteiger partial charge in [-0.15, -0.1) is 4.52 Å². The lowest BCUT2D eigenvalue weighted by atomic mass is 9.92. The third kappa shape index (κ3) is 6.53. The van der Waals surface area contributed by atoms with Gasteiger partial charge in [0, 0.05) is 11.1 Å². The molecule has 1 aliphatic rings. The third-order valence-corrected chi connectivity index (χ3v) is 6.82. The number of carboxylic acids is 1. The molecule has 196 valence electrons. The lowest BCUT2D eigenvalue weighted by molar-refractivity contribution is -0.138. The number of rotatable bonds is 9. The topological polar surface area (TPSA) is 115 Å². The predicted molar refractivity (Wildman–Crippen MR) is 139 cm³/mol. The smallest absolute Gasteiger partial charge is 0.481 e. The first-order valence-corrected chi connectivity index (χ1v) is 13.3. The summed E-state index contributed by atoms with van der Waals surface area (Å²) >= 11 is 0. The van der Waals surface area contributed by atoms with E-state index in [1.165, 1.54) is 12.1 Å². The van der Waals surface area contributed by atoms with Crippen LogP contribution in [0, 0.1) is 17.7 Å². The first-order chi connectivity index (χ1) is 18.2. The van der Waals surface area contributed by atoms with Gasteiger partial charge in [-0.3, -0.25) is 9.78 Å². The van der Waals surface area contributed by atoms with E-state index in [1.807, 2.05) is 38.1 Å². The second-order valence-corrected chi connectivity index (χ2v) is 10.1. The summed E-state index contributed by atoms with van der Waals surface area (Å²) in [4.78, 5) is 15.6. The molecule has 3 aromatic rings. The monoisotopic (exact) mass is 538 g/mol. The molecule has 0 spiro atoms. The van der Waals surface area contributed by atoms with E-state index in [0.717, 1.165) is 16.7 Å². The Morgan fingerprint density at radius 3 is 2.66 bits per heavy atom. The summed E-state index contributed by atoms with van der Waals surface area (Å²) in [6.45, 7) is 3.89. The minimum absolute atomic E-state index is 0.0314. The van der Waals surface area contributed by atoms with Gasteiger partial charge >= 0.3 is 14.0 Å². The van der Waals surface area contributed by atoms with Crippen molar-refractivity contribution in [1.82, 2.24) is 4.98 Å². The van der Waals surface area contributed by atoms with Crippen molar-refractivity contribution in [2.24, 2.45) is 0 Å². The van der Waals surface area contributed by atoms with Gasteiger partial charge in [0.25, 0.3) is 0 Å².